The number of hydrogen-bond acceptors (Lipinski definition) is 5. The summed E-state index contributed by atoms with van der Waals surface area (Å²) >= 11 is 1.52. The molecule has 5 nitrogen and oxygen atoms in total. The lowest BCUT2D eigenvalue weighted by atomic mass is 9.94. The summed E-state index contributed by atoms with van der Waals surface area (Å²) in [7, 11) is 1.60. The molecule has 1 heterocycles. The Morgan fingerprint density at radius 3 is 2.38 bits per heavy atom. The lowest BCUT2D eigenvalue weighted by molar-refractivity contribution is -0.124. The van der Waals surface area contributed by atoms with Gasteiger partial charge in [0.25, 0.3) is 5.91 Å². The summed E-state index contributed by atoms with van der Waals surface area (Å²) in [5.74, 6) is 0.990. The van der Waals surface area contributed by atoms with Gasteiger partial charge in [-0.3, -0.25) is 14.7 Å². The number of ether oxygens (including phenoxy) is 2. The van der Waals surface area contributed by atoms with Gasteiger partial charge in [0.05, 0.1) is 18.1 Å². The zero-order chi connectivity index (χ0) is 25.6. The minimum absolute atomic E-state index is 0.0714. The van der Waals surface area contributed by atoms with Gasteiger partial charge < -0.3 is 9.47 Å². The molecular weight excluding hydrogens is 487 g/mol. The molecule has 0 spiro atoms. The van der Waals surface area contributed by atoms with E-state index < -0.39 is 0 Å². The lowest BCUT2D eigenvalue weighted by Crippen LogP contribution is -2.41. The molecule has 0 bridgehead atoms. The zero-order valence-electron chi connectivity index (χ0n) is 21.5. The fourth-order valence-electron chi connectivity index (χ4n) is 5.39. The van der Waals surface area contributed by atoms with Crippen LogP contribution in [0.15, 0.2) is 52.4 Å². The van der Waals surface area contributed by atoms with Crippen molar-refractivity contribution in [2.75, 3.05) is 7.11 Å². The molecule has 5 rings (SSSR count). The number of thioether (sulfide) groups is 1. The maximum absolute atomic E-state index is 13.6. The Bertz CT molecular complexity index is 1150. The van der Waals surface area contributed by atoms with Crippen LogP contribution < -0.4 is 9.47 Å². The van der Waals surface area contributed by atoms with Crippen LogP contribution in [0.2, 0.25) is 0 Å². The molecule has 0 radical (unpaired) electrons. The van der Waals surface area contributed by atoms with Crippen molar-refractivity contribution in [2.24, 2.45) is 4.99 Å². The Morgan fingerprint density at radius 1 is 0.973 bits per heavy atom. The van der Waals surface area contributed by atoms with E-state index in [-0.39, 0.29) is 17.8 Å². The predicted molar refractivity (Wildman–Crippen MR) is 147 cm³/mol. The molecule has 0 N–H and O–H groups in total. The summed E-state index contributed by atoms with van der Waals surface area (Å²) in [5, 5.41) is 0.890. The zero-order valence-corrected chi connectivity index (χ0v) is 22.3. The number of amidine groups is 1. The molecule has 2 saturated carbocycles. The fraction of sp³-hybridized carbons (Fsp3) is 0.467. The highest BCUT2D eigenvalue weighted by molar-refractivity contribution is 8.18. The van der Waals surface area contributed by atoms with Crippen LogP contribution in [-0.4, -0.2) is 35.2 Å². The molecule has 0 aromatic heterocycles. The second-order valence-corrected chi connectivity index (χ2v) is 11.1. The predicted octanol–water partition coefficient (Wildman–Crippen LogP) is 7.35. The van der Waals surface area contributed by atoms with Gasteiger partial charge in [-0.25, -0.2) is 4.39 Å². The number of carbonyl (C=O) groups excluding carboxylic acids is 1. The maximum atomic E-state index is 13.6. The quantitative estimate of drug-likeness (QED) is 0.357. The summed E-state index contributed by atoms with van der Waals surface area (Å²) < 4.78 is 24.7. The standard InChI is InChI=1S/C30H35FN2O3S/c1-35-27-18-22(14-17-26(27)36-20-21-12-15-23(31)16-13-21)19-28-29(34)33(25-10-6-3-7-11-25)30(37-28)32-24-8-4-2-5-9-24/h12-19,24-25H,2-11,20H2,1H3. The minimum Gasteiger partial charge on any atom is -0.493 e. The van der Waals surface area contributed by atoms with Gasteiger partial charge in [0, 0.05) is 6.04 Å². The molecule has 3 fully saturated rings. The first-order valence-corrected chi connectivity index (χ1v) is 14.3. The fourth-order valence-corrected chi connectivity index (χ4v) is 6.50. The van der Waals surface area contributed by atoms with Crippen LogP contribution in [0.5, 0.6) is 11.5 Å². The molecule has 3 aliphatic rings. The van der Waals surface area contributed by atoms with Crippen LogP contribution in [0.25, 0.3) is 6.08 Å². The van der Waals surface area contributed by atoms with Crippen molar-refractivity contribution in [3.05, 3.63) is 64.3 Å². The Morgan fingerprint density at radius 2 is 1.68 bits per heavy atom. The molecule has 2 aromatic carbocycles. The van der Waals surface area contributed by atoms with Gasteiger partial charge in [0.2, 0.25) is 0 Å². The van der Waals surface area contributed by atoms with Crippen molar-refractivity contribution in [2.45, 2.75) is 82.9 Å². The second kappa shape index (κ2) is 12.2. The van der Waals surface area contributed by atoms with Gasteiger partial charge in [-0.05, 0) is 78.9 Å². The number of amides is 1. The summed E-state index contributed by atoms with van der Waals surface area (Å²) in [6, 6.07) is 12.5. The van der Waals surface area contributed by atoms with Gasteiger partial charge >= 0.3 is 0 Å². The third-order valence-electron chi connectivity index (χ3n) is 7.44. The molecule has 1 saturated heterocycles. The Kier molecular flexibility index (Phi) is 8.49. The minimum atomic E-state index is -0.271. The van der Waals surface area contributed by atoms with E-state index in [1.807, 2.05) is 29.2 Å². The number of halogens is 1. The van der Waals surface area contributed by atoms with Crippen LogP contribution in [0, 0.1) is 5.82 Å². The summed E-state index contributed by atoms with van der Waals surface area (Å²) in [6.07, 6.45) is 13.6. The smallest absolute Gasteiger partial charge is 0.266 e. The van der Waals surface area contributed by atoms with Crippen molar-refractivity contribution >= 4 is 28.9 Å². The van der Waals surface area contributed by atoms with Crippen LogP contribution in [0.3, 0.4) is 0 Å². The average molecular weight is 523 g/mol. The maximum Gasteiger partial charge on any atom is 0.266 e. The number of methoxy groups -OCH3 is 1. The highest BCUT2D eigenvalue weighted by Gasteiger charge is 2.39. The molecule has 2 aliphatic carbocycles. The van der Waals surface area contributed by atoms with Crippen LogP contribution in [0.1, 0.15) is 75.3 Å². The molecule has 7 heteroatoms. The van der Waals surface area contributed by atoms with Crippen LogP contribution in [0.4, 0.5) is 4.39 Å². The van der Waals surface area contributed by atoms with E-state index in [1.54, 1.807) is 19.2 Å². The summed E-state index contributed by atoms with van der Waals surface area (Å²) in [6.45, 7) is 0.308. The van der Waals surface area contributed by atoms with Crippen LogP contribution in [-0.2, 0) is 11.4 Å². The van der Waals surface area contributed by atoms with Gasteiger partial charge in [-0.15, -0.1) is 0 Å². The number of hydrogen-bond donors (Lipinski definition) is 0. The number of benzene rings is 2. The van der Waals surface area contributed by atoms with E-state index in [2.05, 4.69) is 0 Å². The monoisotopic (exact) mass is 522 g/mol. The van der Waals surface area contributed by atoms with E-state index >= 15 is 0 Å². The van der Waals surface area contributed by atoms with Crippen molar-refractivity contribution < 1.29 is 18.7 Å². The third-order valence-corrected chi connectivity index (χ3v) is 8.43. The molecule has 1 amide bonds. The van der Waals surface area contributed by atoms with E-state index in [1.165, 1.54) is 62.4 Å². The molecule has 196 valence electrons. The Hall–Kier alpha value is -2.80. The van der Waals surface area contributed by atoms with Gasteiger partial charge in [-0.1, -0.05) is 56.7 Å². The van der Waals surface area contributed by atoms with Crippen LogP contribution >= 0.6 is 11.8 Å². The first-order valence-electron chi connectivity index (χ1n) is 13.5. The Balaban J connectivity index is 1.35. The number of carbonyl (C=O) groups is 1. The number of nitrogens with zero attached hydrogens (tertiary/aromatic N) is 2. The highest BCUT2D eigenvalue weighted by Crippen LogP contribution is 2.39. The topological polar surface area (TPSA) is 51.1 Å². The van der Waals surface area contributed by atoms with Gasteiger partial charge in [0.15, 0.2) is 16.7 Å². The van der Waals surface area contributed by atoms with Crippen molar-refractivity contribution in [3.63, 3.8) is 0 Å². The molecule has 0 unspecified atom stereocenters. The van der Waals surface area contributed by atoms with E-state index in [4.69, 9.17) is 14.5 Å². The first kappa shape index (κ1) is 25.8. The van der Waals surface area contributed by atoms with Crippen molar-refractivity contribution in [3.8, 4) is 11.5 Å². The first-order chi connectivity index (χ1) is 18.1. The largest absolute Gasteiger partial charge is 0.493 e. The number of aliphatic imine (C=N–C) groups is 1. The molecular formula is C30H35FN2O3S. The summed E-state index contributed by atoms with van der Waals surface area (Å²) in [4.78, 5) is 21.5. The average Bonchev–Trinajstić information content (AvgIpc) is 3.23. The SMILES string of the molecule is COc1cc(C=C2SC(=NC3CCCCC3)N(C3CCCCC3)C2=O)ccc1OCc1ccc(F)cc1. The van der Waals surface area contributed by atoms with Gasteiger partial charge in [0.1, 0.15) is 12.4 Å². The number of rotatable bonds is 7. The molecule has 37 heavy (non-hydrogen) atoms. The molecule has 1 aliphatic heterocycles. The highest BCUT2D eigenvalue weighted by atomic mass is 32.2. The molecule has 0 atom stereocenters. The Labute approximate surface area is 223 Å². The molecule has 2 aromatic rings. The van der Waals surface area contributed by atoms with Gasteiger partial charge in [-0.2, -0.15) is 0 Å². The van der Waals surface area contributed by atoms with E-state index in [0.29, 0.717) is 29.1 Å². The third kappa shape index (κ3) is 6.38. The van der Waals surface area contributed by atoms with Crippen molar-refractivity contribution in [1.29, 1.82) is 0 Å². The second-order valence-electron chi connectivity index (χ2n) is 10.1. The van der Waals surface area contributed by atoms with Crippen molar-refractivity contribution in [1.82, 2.24) is 4.90 Å². The normalized spacial score (nSPS) is 21.7. The van der Waals surface area contributed by atoms with E-state index in [0.717, 1.165) is 42.0 Å². The lowest BCUT2D eigenvalue weighted by Gasteiger charge is -2.31. The summed E-state index contributed by atoms with van der Waals surface area (Å²) in [5.41, 5.74) is 1.75. The van der Waals surface area contributed by atoms with E-state index in [9.17, 15) is 9.18 Å².